The maximum absolute atomic E-state index is 12.7. The summed E-state index contributed by atoms with van der Waals surface area (Å²) >= 11 is 0. The maximum Gasteiger partial charge on any atom is 0.433 e. The fourth-order valence-electron chi connectivity index (χ4n) is 2.71. The second-order valence-electron chi connectivity index (χ2n) is 6.08. The Labute approximate surface area is 160 Å². The number of nitro groups is 1. The normalized spacial score (nSPS) is 15.8. The molecule has 1 aliphatic rings. The highest BCUT2D eigenvalue weighted by molar-refractivity contribution is 6.05. The minimum atomic E-state index is -0.830. The number of nitrogens with one attached hydrogen (secondary N) is 1. The number of furan rings is 1. The topological polar surface area (TPSA) is 115 Å². The molecule has 0 spiro atoms. The average molecular weight is 385 g/mol. The number of fused-ring (bicyclic) bond motifs is 1. The number of benzene rings is 1. The number of carbonyl (C=O) groups is 2. The molecule has 146 valence electrons. The molecule has 2 heterocycles. The van der Waals surface area contributed by atoms with Crippen LogP contribution in [0.5, 0.6) is 5.75 Å². The molecule has 3 rings (SSSR count). The molecule has 1 aliphatic heterocycles. The monoisotopic (exact) mass is 385 g/mol. The van der Waals surface area contributed by atoms with Gasteiger partial charge in [0.2, 0.25) is 0 Å². The van der Waals surface area contributed by atoms with Crippen LogP contribution in [-0.2, 0) is 9.59 Å². The predicted octanol–water partition coefficient (Wildman–Crippen LogP) is 2.52. The summed E-state index contributed by atoms with van der Waals surface area (Å²) in [6, 6.07) is 9.54. The molecule has 0 saturated heterocycles. The molecule has 1 N–H and O–H groups in total. The summed E-state index contributed by atoms with van der Waals surface area (Å²) in [5.41, 5.74) is 0.544. The highest BCUT2D eigenvalue weighted by atomic mass is 16.6. The van der Waals surface area contributed by atoms with Gasteiger partial charge in [0.15, 0.2) is 6.10 Å². The van der Waals surface area contributed by atoms with Crippen molar-refractivity contribution in [1.29, 1.82) is 0 Å². The van der Waals surface area contributed by atoms with E-state index in [9.17, 15) is 19.7 Å². The van der Waals surface area contributed by atoms with Crippen LogP contribution in [0.4, 0.5) is 11.6 Å². The number of ether oxygens (including phenoxy) is 1. The third-order valence-corrected chi connectivity index (χ3v) is 4.06. The van der Waals surface area contributed by atoms with Gasteiger partial charge in [0.1, 0.15) is 16.4 Å². The van der Waals surface area contributed by atoms with Crippen molar-refractivity contribution in [2.24, 2.45) is 0 Å². The van der Waals surface area contributed by atoms with Crippen molar-refractivity contribution >= 4 is 29.5 Å². The summed E-state index contributed by atoms with van der Waals surface area (Å²) < 4.78 is 10.8. The van der Waals surface area contributed by atoms with Crippen LogP contribution in [0, 0.1) is 10.1 Å². The maximum atomic E-state index is 12.7. The number of anilines is 1. The predicted molar refractivity (Wildman–Crippen MR) is 101 cm³/mol. The molecule has 0 radical (unpaired) electrons. The van der Waals surface area contributed by atoms with Crippen LogP contribution in [0.1, 0.15) is 19.1 Å². The Balaban J connectivity index is 1.79. The number of rotatable bonds is 6. The van der Waals surface area contributed by atoms with E-state index in [1.807, 2.05) is 6.92 Å². The van der Waals surface area contributed by atoms with Gasteiger partial charge >= 0.3 is 5.88 Å². The third-order valence-electron chi connectivity index (χ3n) is 4.06. The lowest BCUT2D eigenvalue weighted by Gasteiger charge is -2.33. The van der Waals surface area contributed by atoms with E-state index < -0.39 is 22.8 Å². The zero-order valence-electron chi connectivity index (χ0n) is 15.2. The highest BCUT2D eigenvalue weighted by Crippen LogP contribution is 2.33. The van der Waals surface area contributed by atoms with Gasteiger partial charge in [-0.05, 0) is 30.7 Å². The van der Waals surface area contributed by atoms with Crippen molar-refractivity contribution in [1.82, 2.24) is 5.32 Å². The molecule has 28 heavy (non-hydrogen) atoms. The van der Waals surface area contributed by atoms with Crippen LogP contribution < -0.4 is 15.0 Å². The molecular formula is C19H19N3O6. The smallest absolute Gasteiger partial charge is 0.433 e. The molecule has 0 bridgehead atoms. The molecule has 0 aliphatic carbocycles. The molecule has 0 saturated carbocycles. The fraction of sp³-hybridized carbons (Fsp3) is 0.263. The first kappa shape index (κ1) is 19.2. The fourth-order valence-corrected chi connectivity index (χ4v) is 2.71. The lowest BCUT2D eigenvalue weighted by atomic mass is 10.1. The lowest BCUT2D eigenvalue weighted by Crippen LogP contribution is -2.50. The van der Waals surface area contributed by atoms with E-state index in [1.54, 1.807) is 24.3 Å². The Kier molecular flexibility index (Phi) is 5.73. The van der Waals surface area contributed by atoms with Gasteiger partial charge in [0.25, 0.3) is 11.8 Å². The van der Waals surface area contributed by atoms with E-state index in [2.05, 4.69) is 5.32 Å². The number of carbonyl (C=O) groups excluding carboxylic acids is 2. The van der Waals surface area contributed by atoms with Crippen LogP contribution in [0.3, 0.4) is 0 Å². The van der Waals surface area contributed by atoms with Gasteiger partial charge in [-0.1, -0.05) is 19.1 Å². The first-order valence-corrected chi connectivity index (χ1v) is 8.76. The van der Waals surface area contributed by atoms with Crippen molar-refractivity contribution in [3.05, 3.63) is 58.3 Å². The lowest BCUT2D eigenvalue weighted by molar-refractivity contribution is -0.402. The molecule has 2 aromatic rings. The Hall–Kier alpha value is -3.62. The molecule has 0 unspecified atom stereocenters. The van der Waals surface area contributed by atoms with Gasteiger partial charge in [-0.15, -0.1) is 0 Å². The summed E-state index contributed by atoms with van der Waals surface area (Å²) in [5.74, 6) is -0.487. The molecule has 1 atom stereocenters. The Morgan fingerprint density at radius 3 is 2.82 bits per heavy atom. The molecular weight excluding hydrogens is 366 g/mol. The number of hydrogen-bond acceptors (Lipinski definition) is 6. The quantitative estimate of drug-likeness (QED) is 0.464. The van der Waals surface area contributed by atoms with E-state index >= 15 is 0 Å². The van der Waals surface area contributed by atoms with Gasteiger partial charge < -0.3 is 19.4 Å². The SMILES string of the molecule is CCCNC(=O)[C@@H]1CN(C(=O)/C=C/c2ccc([N+](=O)[O-])o2)c2ccccc2O1. The third kappa shape index (κ3) is 4.20. The first-order valence-electron chi connectivity index (χ1n) is 8.76. The highest BCUT2D eigenvalue weighted by Gasteiger charge is 2.32. The molecule has 1 aromatic heterocycles. The second kappa shape index (κ2) is 8.38. The van der Waals surface area contributed by atoms with Crippen molar-refractivity contribution in [2.45, 2.75) is 19.4 Å². The van der Waals surface area contributed by atoms with Crippen LogP contribution in [0.25, 0.3) is 6.08 Å². The number of nitrogens with zero attached hydrogens (tertiary/aromatic N) is 2. The van der Waals surface area contributed by atoms with E-state index in [-0.39, 0.29) is 18.2 Å². The molecule has 1 aromatic carbocycles. The van der Waals surface area contributed by atoms with Crippen LogP contribution >= 0.6 is 0 Å². The molecule has 0 fully saturated rings. The van der Waals surface area contributed by atoms with E-state index in [0.29, 0.717) is 18.0 Å². The molecule has 2 amide bonds. The van der Waals surface area contributed by atoms with Crippen molar-refractivity contribution in [2.75, 3.05) is 18.0 Å². The van der Waals surface area contributed by atoms with Gasteiger partial charge in [-0.2, -0.15) is 0 Å². The summed E-state index contributed by atoms with van der Waals surface area (Å²) in [7, 11) is 0. The summed E-state index contributed by atoms with van der Waals surface area (Å²) in [6.45, 7) is 2.51. The van der Waals surface area contributed by atoms with Crippen molar-refractivity contribution in [3.63, 3.8) is 0 Å². The first-order chi connectivity index (χ1) is 13.5. The number of para-hydroxylation sites is 2. The van der Waals surface area contributed by atoms with Gasteiger partial charge in [0, 0.05) is 12.6 Å². The summed E-state index contributed by atoms with van der Waals surface area (Å²) in [6.07, 6.45) is 2.55. The van der Waals surface area contributed by atoms with Crippen molar-refractivity contribution in [3.8, 4) is 5.75 Å². The summed E-state index contributed by atoms with van der Waals surface area (Å²) in [4.78, 5) is 36.5. The van der Waals surface area contributed by atoms with E-state index in [1.165, 1.54) is 29.2 Å². The standard InChI is InChI=1S/C19H19N3O6/c1-2-11-20-19(24)16-12-21(14-5-3-4-6-15(14)28-16)17(23)9-7-13-8-10-18(27-13)22(25)26/h3-10,16H,2,11-12H2,1H3,(H,20,24)/b9-7+/t16-/m0/s1. The van der Waals surface area contributed by atoms with E-state index in [0.717, 1.165) is 6.42 Å². The van der Waals surface area contributed by atoms with Crippen LogP contribution in [0.15, 0.2) is 46.9 Å². The largest absolute Gasteiger partial charge is 0.477 e. The van der Waals surface area contributed by atoms with E-state index in [4.69, 9.17) is 9.15 Å². The van der Waals surface area contributed by atoms with Crippen LogP contribution in [-0.4, -0.2) is 35.9 Å². The number of amides is 2. The molecule has 9 nitrogen and oxygen atoms in total. The minimum absolute atomic E-state index is 0.0496. The Morgan fingerprint density at radius 1 is 1.32 bits per heavy atom. The minimum Gasteiger partial charge on any atom is -0.477 e. The van der Waals surface area contributed by atoms with Crippen LogP contribution in [0.2, 0.25) is 0 Å². The Bertz CT molecular complexity index is 920. The summed E-state index contributed by atoms with van der Waals surface area (Å²) in [5, 5.41) is 13.4. The zero-order chi connectivity index (χ0) is 20.1. The Morgan fingerprint density at radius 2 is 2.11 bits per heavy atom. The molecule has 9 heteroatoms. The van der Waals surface area contributed by atoms with Gasteiger partial charge in [-0.25, -0.2) is 0 Å². The van der Waals surface area contributed by atoms with Crippen molar-refractivity contribution < 1.29 is 23.7 Å². The number of hydrogen-bond donors (Lipinski definition) is 1. The zero-order valence-corrected chi connectivity index (χ0v) is 15.2. The van der Waals surface area contributed by atoms with Gasteiger partial charge in [0.05, 0.1) is 18.3 Å². The average Bonchev–Trinajstić information content (AvgIpc) is 3.18. The van der Waals surface area contributed by atoms with Gasteiger partial charge in [-0.3, -0.25) is 19.7 Å². The second-order valence-corrected chi connectivity index (χ2v) is 6.08.